The highest BCUT2D eigenvalue weighted by Gasteiger charge is 2.20. The van der Waals surface area contributed by atoms with Crippen LogP contribution in [-0.4, -0.2) is 32.2 Å². The van der Waals surface area contributed by atoms with Gasteiger partial charge in [-0.2, -0.15) is 0 Å². The molecule has 0 saturated carbocycles. The summed E-state index contributed by atoms with van der Waals surface area (Å²) in [6.07, 6.45) is 2.16. The second-order valence-electron chi connectivity index (χ2n) is 7.55. The van der Waals surface area contributed by atoms with E-state index in [4.69, 9.17) is 9.15 Å². The minimum Gasteiger partial charge on any atom is -0.467 e. The number of halogens is 1. The smallest absolute Gasteiger partial charge is 0.242 e. The van der Waals surface area contributed by atoms with Crippen LogP contribution < -0.4 is 5.32 Å². The first-order valence-corrected chi connectivity index (χ1v) is 11.9. The average molecular weight is 475 g/mol. The topological polar surface area (TPSA) is 88.8 Å². The van der Waals surface area contributed by atoms with Crippen molar-refractivity contribution in [3.05, 3.63) is 89.6 Å². The predicted octanol–water partition coefficient (Wildman–Crippen LogP) is 3.85. The Labute approximate surface area is 193 Å². The summed E-state index contributed by atoms with van der Waals surface area (Å²) in [7, 11) is -2.28. The zero-order chi connectivity index (χ0) is 23.7. The highest BCUT2D eigenvalue weighted by molar-refractivity contribution is 7.89. The number of furan rings is 1. The molecule has 0 unspecified atom stereocenters. The van der Waals surface area contributed by atoms with E-state index >= 15 is 0 Å². The summed E-state index contributed by atoms with van der Waals surface area (Å²) in [5, 5.41) is 2.85. The Hall–Kier alpha value is -3.01. The lowest BCUT2D eigenvalue weighted by Gasteiger charge is -2.17. The maximum atomic E-state index is 13.0. The van der Waals surface area contributed by atoms with E-state index in [0.29, 0.717) is 26.2 Å². The SMILES string of the molecule is CN(CCCC(=O)NCc1cccc(COCc2ccco2)c1)S(=O)(=O)c1ccc(F)cc1. The van der Waals surface area contributed by atoms with E-state index in [1.165, 1.54) is 23.5 Å². The lowest BCUT2D eigenvalue weighted by molar-refractivity contribution is -0.121. The lowest BCUT2D eigenvalue weighted by atomic mass is 10.1. The van der Waals surface area contributed by atoms with Crippen LogP contribution in [0.2, 0.25) is 0 Å². The molecule has 33 heavy (non-hydrogen) atoms. The molecular weight excluding hydrogens is 447 g/mol. The Morgan fingerprint density at radius 3 is 2.55 bits per heavy atom. The van der Waals surface area contributed by atoms with E-state index in [0.717, 1.165) is 29.0 Å². The summed E-state index contributed by atoms with van der Waals surface area (Å²) in [4.78, 5) is 12.2. The van der Waals surface area contributed by atoms with E-state index < -0.39 is 15.8 Å². The fourth-order valence-corrected chi connectivity index (χ4v) is 4.36. The average Bonchev–Trinajstić information content (AvgIpc) is 3.32. The maximum Gasteiger partial charge on any atom is 0.242 e. The molecule has 1 heterocycles. The number of carbonyl (C=O) groups excluding carboxylic acids is 1. The number of nitrogens with one attached hydrogen (secondary N) is 1. The molecule has 0 atom stereocenters. The van der Waals surface area contributed by atoms with Crippen LogP contribution in [0.25, 0.3) is 0 Å². The lowest BCUT2D eigenvalue weighted by Crippen LogP contribution is -2.29. The van der Waals surface area contributed by atoms with Crippen molar-refractivity contribution < 1.29 is 26.8 Å². The number of ether oxygens (including phenoxy) is 1. The predicted molar refractivity (Wildman–Crippen MR) is 121 cm³/mol. The third-order valence-corrected chi connectivity index (χ3v) is 6.84. The van der Waals surface area contributed by atoms with Crippen molar-refractivity contribution >= 4 is 15.9 Å². The largest absolute Gasteiger partial charge is 0.467 e. The molecule has 0 spiro atoms. The van der Waals surface area contributed by atoms with Crippen LogP contribution >= 0.6 is 0 Å². The van der Waals surface area contributed by atoms with Crippen molar-refractivity contribution in [1.29, 1.82) is 0 Å². The Balaban J connectivity index is 1.39. The molecule has 0 aliphatic rings. The molecular formula is C24H27FN2O5S. The molecule has 176 valence electrons. The van der Waals surface area contributed by atoms with Gasteiger partial charge in [-0.3, -0.25) is 4.79 Å². The second kappa shape index (κ2) is 11.7. The first-order chi connectivity index (χ1) is 15.8. The first kappa shape index (κ1) is 24.6. The first-order valence-electron chi connectivity index (χ1n) is 10.5. The van der Waals surface area contributed by atoms with E-state index in [1.54, 1.807) is 6.26 Å². The fraction of sp³-hybridized carbons (Fsp3) is 0.292. The fourth-order valence-electron chi connectivity index (χ4n) is 3.15. The number of rotatable bonds is 12. The van der Waals surface area contributed by atoms with Crippen molar-refractivity contribution in [2.24, 2.45) is 0 Å². The quantitative estimate of drug-likeness (QED) is 0.431. The zero-order valence-corrected chi connectivity index (χ0v) is 19.2. The van der Waals surface area contributed by atoms with Gasteiger partial charge in [0.2, 0.25) is 15.9 Å². The van der Waals surface area contributed by atoms with Crippen molar-refractivity contribution in [1.82, 2.24) is 9.62 Å². The summed E-state index contributed by atoms with van der Waals surface area (Å²) in [6.45, 7) is 1.36. The molecule has 2 aromatic carbocycles. The van der Waals surface area contributed by atoms with Gasteiger partial charge in [0, 0.05) is 26.6 Å². The van der Waals surface area contributed by atoms with Crippen LogP contribution in [-0.2, 0) is 39.3 Å². The van der Waals surface area contributed by atoms with E-state index in [2.05, 4.69) is 5.32 Å². The minimum absolute atomic E-state index is 0.0175. The summed E-state index contributed by atoms with van der Waals surface area (Å²) >= 11 is 0. The number of hydrogen-bond donors (Lipinski definition) is 1. The Bertz CT molecular complexity index is 1130. The van der Waals surface area contributed by atoms with Crippen LogP contribution in [0.15, 0.2) is 76.2 Å². The molecule has 1 N–H and O–H groups in total. The van der Waals surface area contributed by atoms with Gasteiger partial charge in [-0.1, -0.05) is 24.3 Å². The third-order valence-electron chi connectivity index (χ3n) is 4.97. The van der Waals surface area contributed by atoms with Crippen molar-refractivity contribution in [3.63, 3.8) is 0 Å². The highest BCUT2D eigenvalue weighted by Crippen LogP contribution is 2.15. The van der Waals surface area contributed by atoms with Gasteiger partial charge in [0.05, 0.1) is 17.8 Å². The monoisotopic (exact) mass is 474 g/mol. The van der Waals surface area contributed by atoms with Gasteiger partial charge in [0.1, 0.15) is 18.2 Å². The van der Waals surface area contributed by atoms with Crippen molar-refractivity contribution in [2.45, 2.75) is 37.5 Å². The number of nitrogens with zero attached hydrogens (tertiary/aromatic N) is 1. The molecule has 0 aliphatic carbocycles. The highest BCUT2D eigenvalue weighted by atomic mass is 32.2. The molecule has 0 aliphatic heterocycles. The Morgan fingerprint density at radius 1 is 1.06 bits per heavy atom. The van der Waals surface area contributed by atoms with Crippen molar-refractivity contribution in [2.75, 3.05) is 13.6 Å². The van der Waals surface area contributed by atoms with E-state index in [9.17, 15) is 17.6 Å². The van der Waals surface area contributed by atoms with E-state index in [-0.39, 0.29) is 23.8 Å². The summed E-state index contributed by atoms with van der Waals surface area (Å²) in [5.74, 6) is 0.0943. The number of carbonyl (C=O) groups is 1. The van der Waals surface area contributed by atoms with Crippen LogP contribution in [0.1, 0.15) is 29.7 Å². The summed E-state index contributed by atoms with van der Waals surface area (Å²) < 4.78 is 50.0. The molecule has 0 radical (unpaired) electrons. The molecule has 1 amide bonds. The summed E-state index contributed by atoms with van der Waals surface area (Å²) in [6, 6.07) is 16.1. The number of amides is 1. The summed E-state index contributed by atoms with van der Waals surface area (Å²) in [5.41, 5.74) is 1.93. The van der Waals surface area contributed by atoms with Gasteiger partial charge >= 0.3 is 0 Å². The van der Waals surface area contributed by atoms with Crippen LogP contribution in [0.3, 0.4) is 0 Å². The van der Waals surface area contributed by atoms with Crippen LogP contribution in [0.4, 0.5) is 4.39 Å². The van der Waals surface area contributed by atoms with Crippen LogP contribution in [0.5, 0.6) is 0 Å². The van der Waals surface area contributed by atoms with Gasteiger partial charge in [-0.15, -0.1) is 0 Å². The Kier molecular flexibility index (Phi) is 8.76. The minimum atomic E-state index is -3.72. The number of sulfonamides is 1. The zero-order valence-electron chi connectivity index (χ0n) is 18.4. The molecule has 9 heteroatoms. The molecule has 0 bridgehead atoms. The van der Waals surface area contributed by atoms with Crippen LogP contribution in [0, 0.1) is 5.82 Å². The standard InChI is InChI=1S/C24H27FN2O5S/c1-27(33(29,30)23-11-9-21(25)10-12-23)13-3-8-24(28)26-16-19-5-2-6-20(15-19)17-31-18-22-7-4-14-32-22/h2,4-7,9-12,14-15H,3,8,13,16-18H2,1H3,(H,26,28). The molecule has 3 aromatic rings. The number of hydrogen-bond acceptors (Lipinski definition) is 5. The van der Waals surface area contributed by atoms with Crippen molar-refractivity contribution in [3.8, 4) is 0 Å². The van der Waals surface area contributed by atoms with Gasteiger partial charge in [-0.25, -0.2) is 17.1 Å². The number of benzene rings is 2. The second-order valence-corrected chi connectivity index (χ2v) is 9.60. The maximum absolute atomic E-state index is 13.0. The molecule has 1 aromatic heterocycles. The third kappa shape index (κ3) is 7.52. The molecule has 3 rings (SSSR count). The molecule has 0 saturated heterocycles. The molecule has 0 fully saturated rings. The Morgan fingerprint density at radius 2 is 1.82 bits per heavy atom. The molecule has 7 nitrogen and oxygen atoms in total. The van der Waals surface area contributed by atoms with Gasteiger partial charge in [-0.05, 0) is 53.9 Å². The van der Waals surface area contributed by atoms with E-state index in [1.807, 2.05) is 36.4 Å². The van der Waals surface area contributed by atoms with Gasteiger partial charge in [0.15, 0.2) is 0 Å². The normalized spacial score (nSPS) is 11.6. The van der Waals surface area contributed by atoms with Gasteiger partial charge < -0.3 is 14.5 Å². The van der Waals surface area contributed by atoms with Gasteiger partial charge in [0.25, 0.3) is 0 Å².